The van der Waals surface area contributed by atoms with E-state index in [1.165, 1.54) is 0 Å². The molecule has 0 atom stereocenters. The molecule has 5 rings (SSSR count). The van der Waals surface area contributed by atoms with Crippen LogP contribution in [0.3, 0.4) is 0 Å². The molecule has 3 aromatic rings. The average molecular weight is 367 g/mol. The van der Waals surface area contributed by atoms with Crippen molar-refractivity contribution in [3.05, 3.63) is 35.0 Å². The van der Waals surface area contributed by atoms with Gasteiger partial charge >= 0.3 is 0 Å². The maximum Gasteiger partial charge on any atom is 0.259 e. The van der Waals surface area contributed by atoms with E-state index in [9.17, 15) is 4.79 Å². The Morgan fingerprint density at radius 1 is 1.11 bits per heavy atom. The molecule has 0 radical (unpaired) electrons. The molecule has 0 unspecified atom stereocenters. The molecule has 140 valence electrons. The zero-order chi connectivity index (χ0) is 18.5. The van der Waals surface area contributed by atoms with Gasteiger partial charge in [0, 0.05) is 32.1 Å². The normalized spacial score (nSPS) is 17.7. The Morgan fingerprint density at radius 3 is 2.56 bits per heavy atom. The second-order valence-electron chi connectivity index (χ2n) is 7.27. The van der Waals surface area contributed by atoms with Crippen LogP contribution in [-0.4, -0.2) is 62.0 Å². The molecule has 27 heavy (non-hydrogen) atoms. The Morgan fingerprint density at radius 2 is 1.89 bits per heavy atom. The monoisotopic (exact) mass is 367 g/mol. The summed E-state index contributed by atoms with van der Waals surface area (Å²) in [6, 6.07) is 3.94. The molecule has 9 nitrogen and oxygen atoms in total. The highest BCUT2D eigenvalue weighted by atomic mass is 16.5. The first-order chi connectivity index (χ1) is 13.1. The summed E-state index contributed by atoms with van der Waals surface area (Å²) < 4.78 is 7.00. The van der Waals surface area contributed by atoms with E-state index >= 15 is 0 Å². The largest absolute Gasteiger partial charge is 0.361 e. The van der Waals surface area contributed by atoms with Gasteiger partial charge in [0.1, 0.15) is 17.1 Å². The molecule has 0 aromatic carbocycles. The maximum absolute atomic E-state index is 12.8. The van der Waals surface area contributed by atoms with Crippen LogP contribution in [0.1, 0.15) is 46.4 Å². The summed E-state index contributed by atoms with van der Waals surface area (Å²) in [5.41, 5.74) is 2.02. The average Bonchev–Trinajstić information content (AvgIpc) is 3.36. The fraction of sp³-hybridized carbons (Fsp3) is 0.500. The number of rotatable bonds is 3. The zero-order valence-electron chi connectivity index (χ0n) is 15.4. The van der Waals surface area contributed by atoms with Crippen molar-refractivity contribution in [2.45, 2.75) is 32.6 Å². The van der Waals surface area contributed by atoms with E-state index in [0.717, 1.165) is 43.2 Å². The van der Waals surface area contributed by atoms with Gasteiger partial charge in [-0.3, -0.25) is 4.79 Å². The summed E-state index contributed by atoms with van der Waals surface area (Å²) in [6.07, 6.45) is 2.32. The van der Waals surface area contributed by atoms with Gasteiger partial charge < -0.3 is 14.3 Å². The number of piperazine rings is 1. The maximum atomic E-state index is 12.8. The van der Waals surface area contributed by atoms with E-state index in [0.29, 0.717) is 36.0 Å². The van der Waals surface area contributed by atoms with Gasteiger partial charge in [0.05, 0.1) is 5.69 Å². The molecule has 1 aliphatic heterocycles. The highest BCUT2D eigenvalue weighted by Crippen LogP contribution is 2.38. The second kappa shape index (κ2) is 6.04. The number of carbonyl (C=O) groups excluding carboxylic acids is 1. The van der Waals surface area contributed by atoms with Crippen LogP contribution in [-0.2, 0) is 0 Å². The van der Waals surface area contributed by atoms with Crippen molar-refractivity contribution < 1.29 is 9.32 Å². The van der Waals surface area contributed by atoms with Gasteiger partial charge in [-0.05, 0) is 38.8 Å². The minimum atomic E-state index is -0.0101. The third kappa shape index (κ3) is 2.73. The van der Waals surface area contributed by atoms with E-state index in [1.54, 1.807) is 13.8 Å². The van der Waals surface area contributed by atoms with E-state index < -0.39 is 0 Å². The van der Waals surface area contributed by atoms with Crippen LogP contribution >= 0.6 is 0 Å². The van der Waals surface area contributed by atoms with Crippen molar-refractivity contribution in [3.8, 4) is 0 Å². The topological polar surface area (TPSA) is 92.7 Å². The van der Waals surface area contributed by atoms with Crippen molar-refractivity contribution in [1.82, 2.24) is 29.9 Å². The van der Waals surface area contributed by atoms with E-state index in [1.807, 2.05) is 21.5 Å². The zero-order valence-corrected chi connectivity index (χ0v) is 15.4. The van der Waals surface area contributed by atoms with Gasteiger partial charge in [-0.25, -0.2) is 0 Å². The molecule has 1 saturated heterocycles. The first-order valence-corrected chi connectivity index (χ1v) is 9.31. The number of hydrogen-bond acceptors (Lipinski definition) is 7. The molecule has 0 bridgehead atoms. The van der Waals surface area contributed by atoms with Crippen LogP contribution in [0.25, 0.3) is 5.65 Å². The van der Waals surface area contributed by atoms with Crippen LogP contribution in [0.5, 0.6) is 0 Å². The van der Waals surface area contributed by atoms with Crippen molar-refractivity contribution >= 4 is 17.4 Å². The number of hydrogen-bond donors (Lipinski definition) is 0. The molecule has 1 aliphatic carbocycles. The van der Waals surface area contributed by atoms with Gasteiger partial charge in [0.25, 0.3) is 5.91 Å². The highest BCUT2D eigenvalue weighted by molar-refractivity contribution is 5.96. The van der Waals surface area contributed by atoms with Crippen LogP contribution in [0.15, 0.2) is 16.7 Å². The van der Waals surface area contributed by atoms with E-state index in [2.05, 4.69) is 20.3 Å². The third-order valence-corrected chi connectivity index (χ3v) is 5.35. The summed E-state index contributed by atoms with van der Waals surface area (Å²) in [5, 5.41) is 17.1. The first-order valence-electron chi connectivity index (χ1n) is 9.31. The second-order valence-corrected chi connectivity index (χ2v) is 7.27. The molecular formula is C18H21N7O2. The predicted molar refractivity (Wildman–Crippen MR) is 96.9 cm³/mol. The van der Waals surface area contributed by atoms with Gasteiger partial charge in [0.15, 0.2) is 11.5 Å². The van der Waals surface area contributed by atoms with Crippen molar-refractivity contribution in [2.24, 2.45) is 0 Å². The van der Waals surface area contributed by atoms with Crippen molar-refractivity contribution in [1.29, 1.82) is 0 Å². The fourth-order valence-corrected chi connectivity index (χ4v) is 3.65. The fourth-order valence-electron chi connectivity index (χ4n) is 3.65. The Kier molecular flexibility index (Phi) is 3.63. The lowest BCUT2D eigenvalue weighted by atomic mass is 10.1. The molecule has 3 aromatic heterocycles. The Hall–Kier alpha value is -2.97. The quantitative estimate of drug-likeness (QED) is 0.694. The van der Waals surface area contributed by atoms with Crippen LogP contribution in [0.2, 0.25) is 0 Å². The van der Waals surface area contributed by atoms with Crippen molar-refractivity contribution in [2.75, 3.05) is 31.1 Å². The molecule has 0 N–H and O–H groups in total. The SMILES string of the molecule is Cc1noc(C)c1C(=O)N1CCN(c2ccc3nnc(C4CC4)n3n2)CC1. The molecule has 9 heteroatoms. The Labute approximate surface area is 155 Å². The molecular weight excluding hydrogens is 346 g/mol. The lowest BCUT2D eigenvalue weighted by Gasteiger charge is -2.35. The summed E-state index contributed by atoms with van der Waals surface area (Å²) in [6.45, 7) is 6.32. The highest BCUT2D eigenvalue weighted by Gasteiger charge is 2.30. The number of carbonyl (C=O) groups is 1. The first kappa shape index (κ1) is 16.2. The smallest absolute Gasteiger partial charge is 0.259 e. The minimum absolute atomic E-state index is 0.0101. The van der Waals surface area contributed by atoms with Crippen LogP contribution in [0, 0.1) is 13.8 Å². The Balaban J connectivity index is 1.32. The molecule has 4 heterocycles. The minimum Gasteiger partial charge on any atom is -0.361 e. The van der Waals surface area contributed by atoms with Crippen molar-refractivity contribution in [3.63, 3.8) is 0 Å². The van der Waals surface area contributed by atoms with Crippen LogP contribution < -0.4 is 4.90 Å². The molecule has 2 fully saturated rings. The number of aryl methyl sites for hydroxylation is 2. The van der Waals surface area contributed by atoms with Gasteiger partial charge in [-0.2, -0.15) is 4.52 Å². The van der Waals surface area contributed by atoms with E-state index in [4.69, 9.17) is 9.62 Å². The number of amides is 1. The van der Waals surface area contributed by atoms with Crippen LogP contribution in [0.4, 0.5) is 5.82 Å². The standard InChI is InChI=1S/C18H21N7O2/c1-11-16(12(2)27-22-11)18(26)24-9-7-23(8-10-24)15-6-5-14-19-20-17(13-3-4-13)25(14)21-15/h5-6,13H,3-4,7-10H2,1-2H3. The number of anilines is 1. The molecule has 0 spiro atoms. The summed E-state index contributed by atoms with van der Waals surface area (Å²) in [5.74, 6) is 2.91. The molecule has 1 saturated carbocycles. The van der Waals surface area contributed by atoms with Gasteiger partial charge in [-0.1, -0.05) is 5.16 Å². The lowest BCUT2D eigenvalue weighted by molar-refractivity contribution is 0.0744. The van der Waals surface area contributed by atoms with Gasteiger partial charge in [0.2, 0.25) is 0 Å². The summed E-state index contributed by atoms with van der Waals surface area (Å²) in [4.78, 5) is 16.8. The third-order valence-electron chi connectivity index (χ3n) is 5.35. The molecule has 2 aliphatic rings. The number of aromatic nitrogens is 5. The Bertz CT molecular complexity index is 993. The summed E-state index contributed by atoms with van der Waals surface area (Å²) in [7, 11) is 0. The summed E-state index contributed by atoms with van der Waals surface area (Å²) >= 11 is 0. The predicted octanol–water partition coefficient (Wildman–Crippen LogP) is 1.57. The number of nitrogens with zero attached hydrogens (tertiary/aromatic N) is 7. The number of fused-ring (bicyclic) bond motifs is 1. The van der Waals surface area contributed by atoms with Gasteiger partial charge in [-0.15, -0.1) is 15.3 Å². The van der Waals surface area contributed by atoms with E-state index in [-0.39, 0.29) is 5.91 Å². The molecule has 1 amide bonds. The lowest BCUT2D eigenvalue weighted by Crippen LogP contribution is -2.49.